The molecule has 0 aromatic heterocycles. The van der Waals surface area contributed by atoms with E-state index in [0.29, 0.717) is 17.9 Å². The molecule has 0 saturated carbocycles. The van der Waals surface area contributed by atoms with E-state index < -0.39 is 15.1 Å². The third kappa shape index (κ3) is 2.79. The molecule has 1 aromatic rings. The van der Waals surface area contributed by atoms with Crippen LogP contribution in [0.1, 0.15) is 18.9 Å². The van der Waals surface area contributed by atoms with Crippen LogP contribution in [0.2, 0.25) is 0 Å². The van der Waals surface area contributed by atoms with Gasteiger partial charge in [-0.05, 0) is 38.9 Å². The molecule has 1 unspecified atom stereocenters. The number of sulfone groups is 1. The van der Waals surface area contributed by atoms with Gasteiger partial charge in [-0.2, -0.15) is 0 Å². The Morgan fingerprint density at radius 1 is 1.27 bits per heavy atom. The summed E-state index contributed by atoms with van der Waals surface area (Å²) < 4.78 is 24.0. The molecule has 1 rings (SSSR count). The van der Waals surface area contributed by atoms with Crippen molar-refractivity contribution >= 4 is 9.84 Å². The molecule has 1 atom stereocenters. The number of aryl methyl sites for hydroxylation is 1. The van der Waals surface area contributed by atoms with E-state index in [1.807, 2.05) is 19.1 Å². The Balaban J connectivity index is 3.01. The molecule has 0 aliphatic rings. The predicted octanol–water partition coefficient (Wildman–Crippen LogP) is 1.51. The lowest BCUT2D eigenvalue weighted by atomic mass is 10.2. The van der Waals surface area contributed by atoms with Gasteiger partial charge in [0.1, 0.15) is 0 Å². The van der Waals surface area contributed by atoms with Gasteiger partial charge < -0.3 is 5.73 Å². The lowest BCUT2D eigenvalue weighted by Crippen LogP contribution is -2.21. The fraction of sp³-hybridized carbons (Fsp3) is 0.455. The molecule has 0 radical (unpaired) electrons. The monoisotopic (exact) mass is 227 g/mol. The van der Waals surface area contributed by atoms with Crippen molar-refractivity contribution in [3.8, 4) is 0 Å². The maximum Gasteiger partial charge on any atom is 0.181 e. The molecule has 0 saturated heterocycles. The quantitative estimate of drug-likeness (QED) is 0.848. The van der Waals surface area contributed by atoms with Crippen molar-refractivity contribution < 1.29 is 8.42 Å². The average molecular weight is 227 g/mol. The van der Waals surface area contributed by atoms with Crippen LogP contribution < -0.4 is 5.73 Å². The van der Waals surface area contributed by atoms with Gasteiger partial charge in [-0.3, -0.25) is 0 Å². The first-order chi connectivity index (χ1) is 6.98. The zero-order valence-electron chi connectivity index (χ0n) is 9.10. The molecule has 0 amide bonds. The topological polar surface area (TPSA) is 60.2 Å². The fourth-order valence-electron chi connectivity index (χ4n) is 1.35. The van der Waals surface area contributed by atoms with Gasteiger partial charge in [-0.25, -0.2) is 8.42 Å². The lowest BCUT2D eigenvalue weighted by molar-refractivity contribution is 0.578. The van der Waals surface area contributed by atoms with Gasteiger partial charge >= 0.3 is 0 Å². The summed E-state index contributed by atoms with van der Waals surface area (Å²) in [4.78, 5) is 0.383. The number of benzene rings is 1. The third-order valence-corrected chi connectivity index (χ3v) is 4.68. The minimum Gasteiger partial charge on any atom is -0.330 e. The maximum absolute atomic E-state index is 12.0. The van der Waals surface area contributed by atoms with E-state index in [4.69, 9.17) is 5.73 Å². The van der Waals surface area contributed by atoms with E-state index >= 15 is 0 Å². The van der Waals surface area contributed by atoms with Crippen LogP contribution in [-0.4, -0.2) is 20.2 Å². The standard InChI is InChI=1S/C11H17NO2S/c1-9-3-5-11(6-4-9)15(13,14)10(2)7-8-12/h3-6,10H,7-8,12H2,1-2H3. The second-order valence-electron chi connectivity index (χ2n) is 3.75. The molecule has 0 aliphatic carbocycles. The highest BCUT2D eigenvalue weighted by Gasteiger charge is 2.21. The van der Waals surface area contributed by atoms with E-state index in [1.54, 1.807) is 19.1 Å². The third-order valence-electron chi connectivity index (χ3n) is 2.45. The largest absolute Gasteiger partial charge is 0.330 e. The lowest BCUT2D eigenvalue weighted by Gasteiger charge is -2.11. The minimum atomic E-state index is -3.20. The van der Waals surface area contributed by atoms with Crippen molar-refractivity contribution in [2.75, 3.05) is 6.54 Å². The zero-order valence-corrected chi connectivity index (χ0v) is 9.92. The van der Waals surface area contributed by atoms with Gasteiger partial charge in [0.2, 0.25) is 0 Å². The van der Waals surface area contributed by atoms with Crippen molar-refractivity contribution in [1.82, 2.24) is 0 Å². The summed E-state index contributed by atoms with van der Waals surface area (Å²) in [5.41, 5.74) is 6.42. The van der Waals surface area contributed by atoms with Crippen LogP contribution in [0.5, 0.6) is 0 Å². The van der Waals surface area contributed by atoms with Crippen LogP contribution in [0.4, 0.5) is 0 Å². The number of hydrogen-bond acceptors (Lipinski definition) is 3. The second kappa shape index (κ2) is 4.77. The Bertz CT molecular complexity index is 409. The number of rotatable bonds is 4. The van der Waals surface area contributed by atoms with Crippen molar-refractivity contribution in [2.24, 2.45) is 5.73 Å². The Hall–Kier alpha value is -0.870. The normalized spacial score (nSPS) is 13.8. The fourth-order valence-corrected chi connectivity index (χ4v) is 2.78. The van der Waals surface area contributed by atoms with Gasteiger partial charge in [0.25, 0.3) is 0 Å². The number of hydrogen-bond donors (Lipinski definition) is 1. The van der Waals surface area contributed by atoms with E-state index in [0.717, 1.165) is 5.56 Å². The molecule has 15 heavy (non-hydrogen) atoms. The van der Waals surface area contributed by atoms with Gasteiger partial charge in [-0.1, -0.05) is 17.7 Å². The summed E-state index contributed by atoms with van der Waals surface area (Å²) in [6.45, 7) is 4.02. The van der Waals surface area contributed by atoms with E-state index in [1.165, 1.54) is 0 Å². The first-order valence-corrected chi connectivity index (χ1v) is 6.53. The number of nitrogens with two attached hydrogens (primary N) is 1. The molecule has 0 heterocycles. The van der Waals surface area contributed by atoms with Crippen LogP contribution in [0.3, 0.4) is 0 Å². The van der Waals surface area contributed by atoms with Crippen LogP contribution in [0.15, 0.2) is 29.2 Å². The molecule has 0 bridgehead atoms. The molecule has 0 fully saturated rings. The predicted molar refractivity (Wildman–Crippen MR) is 61.5 cm³/mol. The van der Waals surface area contributed by atoms with Crippen molar-refractivity contribution in [3.05, 3.63) is 29.8 Å². The van der Waals surface area contributed by atoms with E-state index in [-0.39, 0.29) is 0 Å². The summed E-state index contributed by atoms with van der Waals surface area (Å²) in [6, 6.07) is 6.92. The molecule has 3 nitrogen and oxygen atoms in total. The van der Waals surface area contributed by atoms with Crippen LogP contribution in [-0.2, 0) is 9.84 Å². The van der Waals surface area contributed by atoms with E-state index in [2.05, 4.69) is 0 Å². The van der Waals surface area contributed by atoms with E-state index in [9.17, 15) is 8.42 Å². The van der Waals surface area contributed by atoms with Gasteiger partial charge in [0.15, 0.2) is 9.84 Å². The SMILES string of the molecule is Cc1ccc(S(=O)(=O)C(C)CCN)cc1. The molecular formula is C11H17NO2S. The summed E-state index contributed by atoms with van der Waals surface area (Å²) in [5, 5.41) is -0.412. The molecular weight excluding hydrogens is 210 g/mol. The highest BCUT2D eigenvalue weighted by molar-refractivity contribution is 7.92. The highest BCUT2D eigenvalue weighted by atomic mass is 32.2. The van der Waals surface area contributed by atoms with Crippen molar-refractivity contribution in [1.29, 1.82) is 0 Å². The smallest absolute Gasteiger partial charge is 0.181 e. The van der Waals surface area contributed by atoms with Crippen LogP contribution in [0.25, 0.3) is 0 Å². The molecule has 1 aromatic carbocycles. The van der Waals surface area contributed by atoms with Crippen LogP contribution in [0, 0.1) is 6.92 Å². The van der Waals surface area contributed by atoms with Gasteiger partial charge in [0.05, 0.1) is 10.1 Å². The Morgan fingerprint density at radius 2 is 1.80 bits per heavy atom. The Kier molecular flexibility index (Phi) is 3.88. The second-order valence-corrected chi connectivity index (χ2v) is 6.11. The summed E-state index contributed by atoms with van der Waals surface area (Å²) in [7, 11) is -3.20. The van der Waals surface area contributed by atoms with Crippen molar-refractivity contribution in [2.45, 2.75) is 30.4 Å². The van der Waals surface area contributed by atoms with Gasteiger partial charge in [0, 0.05) is 0 Å². The van der Waals surface area contributed by atoms with Crippen LogP contribution >= 0.6 is 0 Å². The van der Waals surface area contributed by atoms with Gasteiger partial charge in [-0.15, -0.1) is 0 Å². The molecule has 0 aliphatic heterocycles. The highest BCUT2D eigenvalue weighted by Crippen LogP contribution is 2.18. The molecule has 84 valence electrons. The maximum atomic E-state index is 12.0. The summed E-state index contributed by atoms with van der Waals surface area (Å²) in [5.74, 6) is 0. The van der Waals surface area contributed by atoms with Crippen molar-refractivity contribution in [3.63, 3.8) is 0 Å². The molecule has 0 spiro atoms. The summed E-state index contributed by atoms with van der Waals surface area (Å²) >= 11 is 0. The minimum absolute atomic E-state index is 0.383. The average Bonchev–Trinajstić information content (AvgIpc) is 2.18. The Labute approximate surface area is 91.2 Å². The summed E-state index contributed by atoms with van der Waals surface area (Å²) in [6.07, 6.45) is 0.496. The first-order valence-electron chi connectivity index (χ1n) is 4.99. The Morgan fingerprint density at radius 3 is 2.27 bits per heavy atom. The zero-order chi connectivity index (χ0) is 11.5. The first kappa shape index (κ1) is 12.2. The molecule has 4 heteroatoms. The molecule has 2 N–H and O–H groups in total.